The highest BCUT2D eigenvalue weighted by Crippen LogP contribution is 2.25. The summed E-state index contributed by atoms with van der Waals surface area (Å²) in [6, 6.07) is 17.9. The standard InChI is InChI=1S/C25H23N7O2S/c1-32-22(12-9-16-7-10-18(11-8-16)24(26)27)30-20-14-19(15-29-25(20)32)31-35(33,34)21-6-2-4-17-5-3-13-28-23(17)21/h2-8,10-11,13-15,31H,9,12H2,1H3,(H3,26,27). The van der Waals surface area contributed by atoms with Gasteiger partial charge in [0, 0.05) is 30.6 Å². The Morgan fingerprint density at radius 1 is 1.06 bits per heavy atom. The highest BCUT2D eigenvalue weighted by molar-refractivity contribution is 7.93. The van der Waals surface area contributed by atoms with E-state index in [0.717, 1.165) is 23.2 Å². The minimum Gasteiger partial charge on any atom is -0.384 e. The summed E-state index contributed by atoms with van der Waals surface area (Å²) in [4.78, 5) is 13.5. The second-order valence-corrected chi connectivity index (χ2v) is 9.85. The molecule has 3 aromatic heterocycles. The van der Waals surface area contributed by atoms with E-state index in [2.05, 4.69) is 19.7 Å². The van der Waals surface area contributed by atoms with Gasteiger partial charge in [0.05, 0.1) is 17.4 Å². The molecule has 0 radical (unpaired) electrons. The minimum atomic E-state index is -3.88. The monoisotopic (exact) mass is 485 g/mol. The molecule has 3 heterocycles. The number of aromatic nitrogens is 4. The van der Waals surface area contributed by atoms with E-state index in [1.807, 2.05) is 48.0 Å². The summed E-state index contributed by atoms with van der Waals surface area (Å²) in [5.41, 5.74) is 9.32. The average molecular weight is 486 g/mol. The largest absolute Gasteiger partial charge is 0.384 e. The molecular weight excluding hydrogens is 462 g/mol. The number of pyridine rings is 2. The van der Waals surface area contributed by atoms with Gasteiger partial charge in [0.25, 0.3) is 10.0 Å². The van der Waals surface area contributed by atoms with Crippen molar-refractivity contribution in [2.45, 2.75) is 17.7 Å². The van der Waals surface area contributed by atoms with Crippen LogP contribution >= 0.6 is 0 Å². The van der Waals surface area contributed by atoms with Gasteiger partial charge < -0.3 is 10.3 Å². The maximum Gasteiger partial charge on any atom is 0.264 e. The van der Waals surface area contributed by atoms with Crippen LogP contribution in [0.2, 0.25) is 0 Å². The highest BCUT2D eigenvalue weighted by Gasteiger charge is 2.19. The Balaban J connectivity index is 1.38. The van der Waals surface area contributed by atoms with Gasteiger partial charge in [-0.2, -0.15) is 0 Å². The van der Waals surface area contributed by atoms with E-state index in [4.69, 9.17) is 11.1 Å². The molecule has 0 aliphatic heterocycles. The van der Waals surface area contributed by atoms with Crippen molar-refractivity contribution < 1.29 is 8.42 Å². The summed E-state index contributed by atoms with van der Waals surface area (Å²) >= 11 is 0. The normalized spacial score (nSPS) is 11.7. The Morgan fingerprint density at radius 3 is 2.60 bits per heavy atom. The third-order valence-electron chi connectivity index (χ3n) is 5.84. The highest BCUT2D eigenvalue weighted by atomic mass is 32.2. The van der Waals surface area contributed by atoms with Crippen LogP contribution in [0, 0.1) is 5.41 Å². The predicted molar refractivity (Wildman–Crippen MR) is 136 cm³/mol. The molecule has 2 aromatic carbocycles. The lowest BCUT2D eigenvalue weighted by molar-refractivity contribution is 0.602. The molecule has 0 aliphatic rings. The van der Waals surface area contributed by atoms with Gasteiger partial charge in [-0.1, -0.05) is 42.5 Å². The predicted octanol–water partition coefficient (Wildman–Crippen LogP) is 3.39. The number of nitrogen functional groups attached to an aromatic ring is 1. The second kappa shape index (κ2) is 8.80. The first-order valence-electron chi connectivity index (χ1n) is 10.9. The van der Waals surface area contributed by atoms with Gasteiger partial charge in [-0.25, -0.2) is 18.4 Å². The van der Waals surface area contributed by atoms with E-state index in [9.17, 15) is 8.42 Å². The van der Waals surface area contributed by atoms with Gasteiger partial charge in [-0.05, 0) is 30.2 Å². The molecule has 5 rings (SSSR count). The molecule has 5 aromatic rings. The number of para-hydroxylation sites is 1. The van der Waals surface area contributed by atoms with Gasteiger partial charge in [0.15, 0.2) is 5.65 Å². The van der Waals surface area contributed by atoms with E-state index in [1.165, 1.54) is 12.3 Å². The Bertz CT molecular complexity index is 1670. The summed E-state index contributed by atoms with van der Waals surface area (Å²) in [6.07, 6.45) is 4.49. The number of amidine groups is 1. The molecule has 0 unspecified atom stereocenters. The molecule has 176 valence electrons. The van der Waals surface area contributed by atoms with E-state index < -0.39 is 10.0 Å². The lowest BCUT2D eigenvalue weighted by atomic mass is 10.1. The first kappa shape index (κ1) is 22.5. The van der Waals surface area contributed by atoms with E-state index >= 15 is 0 Å². The van der Waals surface area contributed by atoms with Crippen molar-refractivity contribution in [1.82, 2.24) is 19.5 Å². The zero-order valence-electron chi connectivity index (χ0n) is 18.9. The maximum atomic E-state index is 13.1. The quantitative estimate of drug-likeness (QED) is 0.238. The van der Waals surface area contributed by atoms with Crippen LogP contribution in [0.15, 0.2) is 78.0 Å². The van der Waals surface area contributed by atoms with Crippen LogP contribution in [0.1, 0.15) is 17.0 Å². The number of rotatable bonds is 7. The zero-order valence-corrected chi connectivity index (χ0v) is 19.7. The molecule has 0 fully saturated rings. The zero-order chi connectivity index (χ0) is 24.6. The van der Waals surface area contributed by atoms with Crippen molar-refractivity contribution in [1.29, 1.82) is 5.41 Å². The second-order valence-electron chi connectivity index (χ2n) is 8.20. The molecular formula is C25H23N7O2S. The van der Waals surface area contributed by atoms with Crippen molar-refractivity contribution in [2.75, 3.05) is 4.72 Å². The van der Waals surface area contributed by atoms with Crippen LogP contribution in [0.25, 0.3) is 22.1 Å². The smallest absolute Gasteiger partial charge is 0.264 e. The molecule has 0 spiro atoms. The number of nitrogens with zero attached hydrogens (tertiary/aromatic N) is 4. The molecule has 9 nitrogen and oxygen atoms in total. The fourth-order valence-corrected chi connectivity index (χ4v) is 5.23. The third-order valence-corrected chi connectivity index (χ3v) is 7.25. The van der Waals surface area contributed by atoms with Crippen molar-refractivity contribution in [3.8, 4) is 0 Å². The summed E-state index contributed by atoms with van der Waals surface area (Å²) in [6.45, 7) is 0. The van der Waals surface area contributed by atoms with Crippen LogP contribution in [0.4, 0.5) is 5.69 Å². The Morgan fingerprint density at radius 2 is 1.83 bits per heavy atom. The maximum absolute atomic E-state index is 13.1. The molecule has 0 aliphatic carbocycles. The van der Waals surface area contributed by atoms with Gasteiger partial charge in [0.2, 0.25) is 0 Å². The van der Waals surface area contributed by atoms with E-state index in [-0.39, 0.29) is 10.7 Å². The summed E-state index contributed by atoms with van der Waals surface area (Å²) in [5.74, 6) is 0.877. The van der Waals surface area contributed by atoms with Gasteiger partial charge >= 0.3 is 0 Å². The third kappa shape index (κ3) is 4.43. The van der Waals surface area contributed by atoms with Crippen molar-refractivity contribution >= 4 is 43.6 Å². The number of hydrogen-bond acceptors (Lipinski definition) is 6. The SMILES string of the molecule is Cn1c(CCc2ccc(C(=N)N)cc2)nc2cc(NS(=O)(=O)c3cccc4cccnc34)cnc21. The van der Waals surface area contributed by atoms with Crippen molar-refractivity contribution in [3.63, 3.8) is 0 Å². The average Bonchev–Trinajstić information content (AvgIpc) is 3.17. The molecule has 0 bridgehead atoms. The van der Waals surface area contributed by atoms with E-state index in [1.54, 1.807) is 24.4 Å². The first-order valence-corrected chi connectivity index (χ1v) is 12.4. The van der Waals surface area contributed by atoms with Crippen LogP contribution in [0.3, 0.4) is 0 Å². The fourth-order valence-electron chi connectivity index (χ4n) is 4.01. The molecule has 4 N–H and O–H groups in total. The number of imidazole rings is 1. The summed E-state index contributed by atoms with van der Waals surface area (Å²) < 4.78 is 30.8. The summed E-state index contributed by atoms with van der Waals surface area (Å²) in [7, 11) is -1.99. The molecule has 35 heavy (non-hydrogen) atoms. The number of hydrogen-bond donors (Lipinski definition) is 3. The number of benzene rings is 2. The summed E-state index contributed by atoms with van der Waals surface area (Å²) in [5, 5.41) is 8.24. The Labute approximate surface area is 202 Å². The number of fused-ring (bicyclic) bond motifs is 2. The lowest BCUT2D eigenvalue weighted by Crippen LogP contribution is -2.14. The topological polar surface area (TPSA) is 140 Å². The number of anilines is 1. The number of sulfonamides is 1. The molecule has 0 saturated heterocycles. The van der Waals surface area contributed by atoms with Gasteiger partial charge in [-0.15, -0.1) is 0 Å². The fraction of sp³-hybridized carbons (Fsp3) is 0.120. The Hall–Kier alpha value is -4.31. The minimum absolute atomic E-state index is 0.0427. The van der Waals surface area contributed by atoms with Gasteiger partial charge in [-0.3, -0.25) is 15.1 Å². The van der Waals surface area contributed by atoms with Crippen LogP contribution in [0.5, 0.6) is 0 Å². The number of aryl methyl sites for hydroxylation is 3. The number of nitrogens with one attached hydrogen (secondary N) is 2. The number of nitrogens with two attached hydrogens (primary N) is 1. The Kier molecular flexibility index (Phi) is 5.65. The first-order chi connectivity index (χ1) is 16.8. The van der Waals surface area contributed by atoms with Crippen molar-refractivity contribution in [3.05, 3.63) is 90.0 Å². The van der Waals surface area contributed by atoms with Crippen LogP contribution in [-0.2, 0) is 29.9 Å². The van der Waals surface area contributed by atoms with Gasteiger partial charge in [0.1, 0.15) is 22.1 Å². The molecule has 0 saturated carbocycles. The van der Waals surface area contributed by atoms with E-state index in [0.29, 0.717) is 34.4 Å². The van der Waals surface area contributed by atoms with Crippen LogP contribution < -0.4 is 10.5 Å². The van der Waals surface area contributed by atoms with Crippen molar-refractivity contribution in [2.24, 2.45) is 12.8 Å². The van der Waals surface area contributed by atoms with Crippen LogP contribution in [-0.4, -0.2) is 33.8 Å². The lowest BCUT2D eigenvalue weighted by Gasteiger charge is -2.09. The molecule has 10 heteroatoms. The molecule has 0 amide bonds. The molecule has 0 atom stereocenters.